The predicted molar refractivity (Wildman–Crippen MR) is 34.7 cm³/mol. The average molecular weight is 307 g/mol. The Morgan fingerprint density at radius 2 is 0.571 bits per heavy atom. The fourth-order valence-corrected chi connectivity index (χ4v) is 0. The molecule has 0 saturated carbocycles. The first-order valence-corrected chi connectivity index (χ1v) is 1.64. The van der Waals surface area contributed by atoms with Gasteiger partial charge in [-0.15, -0.1) is 0 Å². The van der Waals surface area contributed by atoms with Crippen LogP contribution in [-0.2, 0) is 19.5 Å². The molecule has 0 amide bonds. The van der Waals surface area contributed by atoms with E-state index in [9.17, 15) is 0 Å². The molecule has 0 unspecified atom stereocenters. The van der Waals surface area contributed by atoms with E-state index in [0.29, 0.717) is 0 Å². The molecule has 14 heavy (non-hydrogen) atoms. The molecule has 14 heteroatoms. The molecule has 0 aliphatic carbocycles. The van der Waals surface area contributed by atoms with Crippen LogP contribution in [0, 0.1) is 46.0 Å². The Kier molecular flexibility index (Phi) is 47.4. The second-order valence-electron chi connectivity index (χ2n) is 0.671. The maximum absolute atomic E-state index is 8.25. The quantitative estimate of drug-likeness (QED) is 0.286. The molecular formula is H2N3O10Rh. The largest absolute Gasteiger partial charge is 3.00 e. The van der Waals surface area contributed by atoms with Crippen molar-refractivity contribution < 1.29 is 40.2 Å². The van der Waals surface area contributed by atoms with E-state index < -0.39 is 15.3 Å². The average Bonchev–Trinajstić information content (AvgIpc) is 1.54. The molecule has 0 aliphatic heterocycles. The summed E-state index contributed by atoms with van der Waals surface area (Å²) in [5, 5.41) is 44.2. The van der Waals surface area contributed by atoms with E-state index in [4.69, 9.17) is 46.0 Å². The van der Waals surface area contributed by atoms with Gasteiger partial charge in [-0.1, -0.05) is 0 Å². The summed E-state index contributed by atoms with van der Waals surface area (Å²) in [4.78, 5) is 24.8. The van der Waals surface area contributed by atoms with Gasteiger partial charge in [-0.25, -0.2) is 0 Å². The van der Waals surface area contributed by atoms with Gasteiger partial charge in [-0.3, -0.25) is 0 Å². The van der Waals surface area contributed by atoms with Crippen LogP contribution in [0.5, 0.6) is 0 Å². The minimum Gasteiger partial charge on any atom is -0.412 e. The van der Waals surface area contributed by atoms with Crippen LogP contribution in [-0.4, -0.2) is 20.7 Å². The summed E-state index contributed by atoms with van der Waals surface area (Å²) in [5.41, 5.74) is 0. The molecule has 0 aromatic rings. The Labute approximate surface area is 87.0 Å². The third kappa shape index (κ3) is 260. The standard InChI is InChI=1S/3NO3.H2O.Rh/c3*2-1(3)4;;/h;;;1H2;/q3*-1;;+3. The molecule has 2 N–H and O–H groups in total. The van der Waals surface area contributed by atoms with Crippen LogP contribution in [0.2, 0.25) is 0 Å². The Bertz CT molecular complexity index is 113. The van der Waals surface area contributed by atoms with Crippen LogP contribution in [0.25, 0.3) is 0 Å². The maximum atomic E-state index is 8.25. The summed E-state index contributed by atoms with van der Waals surface area (Å²) < 4.78 is 0. The van der Waals surface area contributed by atoms with Gasteiger partial charge < -0.3 is 51.4 Å². The zero-order chi connectivity index (χ0) is 10.7. The SMILES string of the molecule is O.O=[N+]([O-])[O-].O=[N+]([O-])[O-].O=[N+]([O-])[O-].[Rh+3]. The second kappa shape index (κ2) is 22.5. The van der Waals surface area contributed by atoms with Gasteiger partial charge in [0, 0.05) is 0 Å². The smallest absolute Gasteiger partial charge is 0.412 e. The first kappa shape index (κ1) is 29.5. The van der Waals surface area contributed by atoms with Crippen LogP contribution in [0.3, 0.4) is 0 Å². The zero-order valence-corrected chi connectivity index (χ0v) is 7.49. The third-order valence-corrected chi connectivity index (χ3v) is 0. The van der Waals surface area contributed by atoms with Crippen LogP contribution in [0.1, 0.15) is 0 Å². The van der Waals surface area contributed by atoms with E-state index in [0.717, 1.165) is 0 Å². The van der Waals surface area contributed by atoms with E-state index >= 15 is 0 Å². The van der Waals surface area contributed by atoms with Gasteiger partial charge in [-0.05, 0) is 0 Å². The fraction of sp³-hybridized carbons (Fsp3) is 0. The number of rotatable bonds is 0. The summed E-state index contributed by atoms with van der Waals surface area (Å²) in [7, 11) is 0. The van der Waals surface area contributed by atoms with Crippen molar-refractivity contribution in [3.63, 3.8) is 0 Å². The molecule has 0 aromatic heterocycles. The molecule has 0 fully saturated rings. The van der Waals surface area contributed by atoms with Crippen LogP contribution >= 0.6 is 0 Å². The molecule has 0 radical (unpaired) electrons. The van der Waals surface area contributed by atoms with Crippen LogP contribution in [0.4, 0.5) is 0 Å². The van der Waals surface area contributed by atoms with Crippen LogP contribution in [0.15, 0.2) is 0 Å². The molecule has 0 aromatic carbocycles. The summed E-state index contributed by atoms with van der Waals surface area (Å²) in [6.45, 7) is 0. The van der Waals surface area contributed by atoms with Crippen molar-refractivity contribution in [2.24, 2.45) is 0 Å². The first-order valence-electron chi connectivity index (χ1n) is 1.64. The molecule has 0 bridgehead atoms. The van der Waals surface area contributed by atoms with Gasteiger partial charge in [0.15, 0.2) is 0 Å². The monoisotopic (exact) mass is 307 g/mol. The van der Waals surface area contributed by atoms with Gasteiger partial charge in [0.2, 0.25) is 0 Å². The van der Waals surface area contributed by atoms with E-state index in [1.807, 2.05) is 0 Å². The summed E-state index contributed by atoms with van der Waals surface area (Å²) in [5.74, 6) is 0. The normalized spacial score (nSPS) is 5.14. The van der Waals surface area contributed by atoms with E-state index in [-0.39, 0.29) is 25.0 Å². The Hall–Kier alpha value is -1.82. The summed E-state index contributed by atoms with van der Waals surface area (Å²) in [6.07, 6.45) is 0. The maximum Gasteiger partial charge on any atom is 3.00 e. The van der Waals surface area contributed by atoms with Crippen molar-refractivity contribution >= 4 is 0 Å². The molecular weight excluding hydrogens is 305 g/mol. The van der Waals surface area contributed by atoms with Crippen molar-refractivity contribution in [3.8, 4) is 0 Å². The van der Waals surface area contributed by atoms with Crippen LogP contribution < -0.4 is 0 Å². The summed E-state index contributed by atoms with van der Waals surface area (Å²) in [6, 6.07) is 0. The predicted octanol–water partition coefficient (Wildman–Crippen LogP) is -1.54. The van der Waals surface area contributed by atoms with Gasteiger partial charge in [0.25, 0.3) is 0 Å². The molecule has 0 heterocycles. The number of hydrogen-bond donors (Lipinski definition) is 0. The fourth-order valence-electron chi connectivity index (χ4n) is 0. The number of nitrogens with zero attached hydrogens (tertiary/aromatic N) is 3. The Balaban J connectivity index is -0.0000000270. The topological polar surface area (TPSA) is 230 Å². The molecule has 0 aliphatic rings. The van der Waals surface area contributed by atoms with E-state index in [2.05, 4.69) is 0 Å². The van der Waals surface area contributed by atoms with Crippen molar-refractivity contribution in [1.29, 1.82) is 0 Å². The molecule has 13 nitrogen and oxygen atoms in total. The molecule has 86 valence electrons. The van der Waals surface area contributed by atoms with Crippen molar-refractivity contribution in [2.75, 3.05) is 0 Å². The van der Waals surface area contributed by atoms with Crippen molar-refractivity contribution in [3.05, 3.63) is 46.0 Å². The van der Waals surface area contributed by atoms with E-state index in [1.54, 1.807) is 0 Å². The molecule has 0 spiro atoms. The Morgan fingerprint density at radius 3 is 0.571 bits per heavy atom. The van der Waals surface area contributed by atoms with Gasteiger partial charge >= 0.3 is 19.5 Å². The molecule has 0 saturated heterocycles. The van der Waals surface area contributed by atoms with Gasteiger partial charge in [0.1, 0.15) is 0 Å². The zero-order valence-electron chi connectivity index (χ0n) is 5.85. The van der Waals surface area contributed by atoms with Crippen molar-refractivity contribution in [1.82, 2.24) is 0 Å². The first-order chi connectivity index (χ1) is 5.20. The Morgan fingerprint density at radius 1 is 0.571 bits per heavy atom. The van der Waals surface area contributed by atoms with Gasteiger partial charge in [0.05, 0.1) is 15.3 Å². The molecule has 0 atom stereocenters. The van der Waals surface area contributed by atoms with E-state index in [1.165, 1.54) is 0 Å². The third-order valence-electron chi connectivity index (χ3n) is 0. The van der Waals surface area contributed by atoms with Gasteiger partial charge in [-0.2, -0.15) is 0 Å². The van der Waals surface area contributed by atoms with Crippen molar-refractivity contribution in [2.45, 2.75) is 0 Å². The summed E-state index contributed by atoms with van der Waals surface area (Å²) >= 11 is 0. The minimum absolute atomic E-state index is 0. The molecule has 0 rings (SSSR count). The minimum atomic E-state index is -1.75. The second-order valence-corrected chi connectivity index (χ2v) is 0.671. The number of hydrogen-bond acceptors (Lipinski definition) is 9.